The summed E-state index contributed by atoms with van der Waals surface area (Å²) in [5.74, 6) is 0.482. The highest BCUT2D eigenvalue weighted by atomic mass is 35.5. The van der Waals surface area contributed by atoms with Gasteiger partial charge in [0.05, 0.1) is 28.7 Å². The highest BCUT2D eigenvalue weighted by Gasteiger charge is 2.46. The number of aromatic nitrogens is 3. The van der Waals surface area contributed by atoms with E-state index in [1.54, 1.807) is 0 Å². The third-order valence-corrected chi connectivity index (χ3v) is 8.01. The minimum absolute atomic E-state index is 0.213. The molecule has 3 atom stereocenters. The van der Waals surface area contributed by atoms with E-state index in [0.717, 1.165) is 50.2 Å². The molecule has 0 saturated heterocycles. The maximum absolute atomic E-state index is 12.4. The zero-order chi connectivity index (χ0) is 24.8. The zero-order valence-electron chi connectivity index (χ0n) is 19.8. The number of allylic oxidation sites excluding steroid dienone is 1. The number of aliphatic imine (C=N–C) groups is 1. The summed E-state index contributed by atoms with van der Waals surface area (Å²) in [6, 6.07) is 4.41. The number of nitrogens with zero attached hydrogens (tertiary/aromatic N) is 5. The van der Waals surface area contributed by atoms with Gasteiger partial charge in [0.15, 0.2) is 0 Å². The van der Waals surface area contributed by atoms with Gasteiger partial charge in [-0.05, 0) is 50.3 Å². The Hall–Kier alpha value is -2.48. The maximum atomic E-state index is 12.4. The fourth-order valence-corrected chi connectivity index (χ4v) is 5.99. The summed E-state index contributed by atoms with van der Waals surface area (Å²) < 4.78 is 2.12. The lowest BCUT2D eigenvalue weighted by Gasteiger charge is -2.36. The molecular weight excluding hydrogens is 483 g/mol. The predicted molar refractivity (Wildman–Crippen MR) is 140 cm³/mol. The second kappa shape index (κ2) is 11.5. The predicted octanol–water partition coefficient (Wildman–Crippen LogP) is 4.76. The highest BCUT2D eigenvalue weighted by Crippen LogP contribution is 2.43. The van der Waals surface area contributed by atoms with Crippen molar-refractivity contribution >= 4 is 35.3 Å². The number of fused-ring (bicyclic) bond motifs is 1. The molecule has 0 saturated carbocycles. The molecule has 0 fully saturated rings. The number of alkyl halides is 1. The summed E-state index contributed by atoms with van der Waals surface area (Å²) in [5.41, 5.74) is 7.14. The van der Waals surface area contributed by atoms with Crippen LogP contribution in [0.3, 0.4) is 0 Å². The van der Waals surface area contributed by atoms with Crippen molar-refractivity contribution in [1.82, 2.24) is 19.4 Å². The van der Waals surface area contributed by atoms with Gasteiger partial charge in [-0.3, -0.25) is 19.7 Å². The SMILES string of the molecule is C=CCn1ccnc1CN(CCCCC1(C(N)=O)C(Cl)=CN=CC1Cl)[C@H]1CCCc2cccnc21. The van der Waals surface area contributed by atoms with E-state index in [-0.39, 0.29) is 6.04 Å². The van der Waals surface area contributed by atoms with Crippen LogP contribution in [0.15, 0.2) is 59.6 Å². The number of pyridine rings is 1. The molecule has 2 aliphatic rings. The smallest absolute Gasteiger partial charge is 0.230 e. The zero-order valence-corrected chi connectivity index (χ0v) is 21.3. The Balaban J connectivity index is 1.51. The van der Waals surface area contributed by atoms with Crippen LogP contribution in [0.5, 0.6) is 0 Å². The molecule has 2 N–H and O–H groups in total. The van der Waals surface area contributed by atoms with Crippen LogP contribution < -0.4 is 5.73 Å². The summed E-state index contributed by atoms with van der Waals surface area (Å²) >= 11 is 12.9. The monoisotopic (exact) mass is 514 g/mol. The van der Waals surface area contributed by atoms with Crippen LogP contribution in [0, 0.1) is 5.41 Å². The van der Waals surface area contributed by atoms with Gasteiger partial charge in [-0.25, -0.2) is 4.98 Å². The molecule has 2 unspecified atom stereocenters. The minimum atomic E-state index is -1.12. The number of nitrogens with two attached hydrogens (primary N) is 1. The average Bonchev–Trinajstić information content (AvgIpc) is 3.29. The van der Waals surface area contributed by atoms with Gasteiger partial charge in [0.2, 0.25) is 5.91 Å². The van der Waals surface area contributed by atoms with E-state index in [4.69, 9.17) is 33.9 Å². The largest absolute Gasteiger partial charge is 0.369 e. The normalized spacial score (nSPS) is 23.7. The second-order valence-electron chi connectivity index (χ2n) is 9.18. The van der Waals surface area contributed by atoms with E-state index in [1.165, 1.54) is 18.0 Å². The van der Waals surface area contributed by atoms with E-state index >= 15 is 0 Å². The average molecular weight is 515 g/mol. The van der Waals surface area contributed by atoms with Crippen LogP contribution in [-0.2, 0) is 24.3 Å². The summed E-state index contributed by atoms with van der Waals surface area (Å²) in [6.07, 6.45) is 15.9. The molecule has 9 heteroatoms. The summed E-state index contributed by atoms with van der Waals surface area (Å²) in [5, 5.41) is -0.351. The van der Waals surface area contributed by atoms with Crippen molar-refractivity contribution in [3.05, 3.63) is 71.7 Å². The molecule has 0 spiro atoms. The molecule has 4 rings (SSSR count). The van der Waals surface area contributed by atoms with Crippen molar-refractivity contribution in [3.8, 4) is 0 Å². The summed E-state index contributed by atoms with van der Waals surface area (Å²) in [7, 11) is 0. The molecule has 1 aliphatic heterocycles. The molecular formula is C26H32Cl2N6O. The van der Waals surface area contributed by atoms with Gasteiger partial charge in [0.25, 0.3) is 0 Å². The third-order valence-electron chi connectivity index (χ3n) is 7.09. The number of hydrogen-bond donors (Lipinski definition) is 1. The second-order valence-corrected chi connectivity index (χ2v) is 10.1. The molecule has 7 nitrogen and oxygen atoms in total. The van der Waals surface area contributed by atoms with E-state index in [1.807, 2.05) is 30.7 Å². The first-order chi connectivity index (χ1) is 17.0. The number of carbonyl (C=O) groups is 1. The van der Waals surface area contributed by atoms with Crippen molar-refractivity contribution in [2.75, 3.05) is 6.54 Å². The highest BCUT2D eigenvalue weighted by molar-refractivity contribution is 6.37. The Kier molecular flexibility index (Phi) is 8.42. The topological polar surface area (TPSA) is 89.4 Å². The van der Waals surface area contributed by atoms with Gasteiger partial charge in [-0.2, -0.15) is 0 Å². The fraction of sp³-hybridized carbons (Fsp3) is 0.462. The number of primary amides is 1. The number of amides is 1. The van der Waals surface area contributed by atoms with Crippen molar-refractivity contribution in [2.45, 2.75) is 63.0 Å². The minimum Gasteiger partial charge on any atom is -0.369 e. The van der Waals surface area contributed by atoms with Crippen molar-refractivity contribution in [1.29, 1.82) is 0 Å². The van der Waals surface area contributed by atoms with E-state index in [0.29, 0.717) is 24.5 Å². The molecule has 0 aromatic carbocycles. The molecule has 0 bridgehead atoms. The number of hydrogen-bond acceptors (Lipinski definition) is 5. The van der Waals surface area contributed by atoms with Crippen LogP contribution in [0.2, 0.25) is 0 Å². The van der Waals surface area contributed by atoms with Gasteiger partial charge in [0.1, 0.15) is 11.2 Å². The van der Waals surface area contributed by atoms with Crippen molar-refractivity contribution in [2.24, 2.45) is 16.1 Å². The van der Waals surface area contributed by atoms with Crippen LogP contribution in [0.1, 0.15) is 55.2 Å². The van der Waals surface area contributed by atoms with Gasteiger partial charge in [-0.1, -0.05) is 30.2 Å². The van der Waals surface area contributed by atoms with Gasteiger partial charge >= 0.3 is 0 Å². The molecule has 2 aromatic rings. The Morgan fingerprint density at radius 2 is 2.20 bits per heavy atom. The van der Waals surface area contributed by atoms with E-state index < -0.39 is 16.7 Å². The van der Waals surface area contributed by atoms with E-state index in [9.17, 15) is 4.79 Å². The first-order valence-electron chi connectivity index (χ1n) is 12.1. The number of rotatable bonds is 11. The summed E-state index contributed by atoms with van der Waals surface area (Å²) in [4.78, 5) is 28.3. The Bertz CT molecular complexity index is 1110. The number of aryl methyl sites for hydroxylation is 1. The lowest BCUT2D eigenvalue weighted by atomic mass is 9.77. The quantitative estimate of drug-likeness (QED) is 0.266. The van der Waals surface area contributed by atoms with Crippen molar-refractivity contribution in [3.63, 3.8) is 0 Å². The Labute approximate surface area is 216 Å². The lowest BCUT2D eigenvalue weighted by molar-refractivity contribution is -0.125. The molecule has 186 valence electrons. The van der Waals surface area contributed by atoms with Gasteiger partial charge in [-0.15, -0.1) is 18.2 Å². The maximum Gasteiger partial charge on any atom is 0.230 e. The molecule has 35 heavy (non-hydrogen) atoms. The van der Waals surface area contributed by atoms with Crippen LogP contribution in [0.25, 0.3) is 0 Å². The number of unbranched alkanes of at least 4 members (excludes halogenated alkanes) is 1. The number of halogens is 2. The summed E-state index contributed by atoms with van der Waals surface area (Å²) in [6.45, 7) is 6.10. The number of carbonyl (C=O) groups excluding carboxylic acids is 1. The molecule has 3 heterocycles. The van der Waals surface area contributed by atoms with Gasteiger partial charge in [0, 0.05) is 37.5 Å². The molecule has 2 aromatic heterocycles. The van der Waals surface area contributed by atoms with Crippen LogP contribution >= 0.6 is 23.2 Å². The van der Waals surface area contributed by atoms with E-state index in [2.05, 4.69) is 32.1 Å². The third kappa shape index (κ3) is 5.37. The Morgan fingerprint density at radius 1 is 1.34 bits per heavy atom. The van der Waals surface area contributed by atoms with Crippen LogP contribution in [0.4, 0.5) is 0 Å². The lowest BCUT2D eigenvalue weighted by Crippen LogP contribution is -2.46. The molecule has 1 amide bonds. The standard InChI is InChI=1S/C26H32Cl2N6O/c1-2-13-33-15-12-31-23(33)18-34(20-9-5-7-19-8-6-11-32-24(19)20)14-4-3-10-26(25(29)35)21(27)16-30-17-22(26)28/h2,6,8,11-12,15-17,20-21H,1,3-5,7,9-10,13-14,18H2,(H2,29,35)/t20-,21?,26?/m0/s1. The molecule has 0 radical (unpaired) electrons. The number of imidazole rings is 1. The molecule has 1 aliphatic carbocycles. The fourth-order valence-electron chi connectivity index (χ4n) is 5.18. The first kappa shape index (κ1) is 25.6. The van der Waals surface area contributed by atoms with Gasteiger partial charge < -0.3 is 10.3 Å². The van der Waals surface area contributed by atoms with Crippen LogP contribution in [-0.4, -0.2) is 43.5 Å². The Morgan fingerprint density at radius 3 is 2.97 bits per heavy atom. The van der Waals surface area contributed by atoms with Crippen molar-refractivity contribution < 1.29 is 4.79 Å². The first-order valence-corrected chi connectivity index (χ1v) is 12.9.